The van der Waals surface area contributed by atoms with Crippen LogP contribution in [0.25, 0.3) is 10.8 Å². The number of aryl methyl sites for hydroxylation is 1. The van der Waals surface area contributed by atoms with E-state index in [2.05, 4.69) is 31.6 Å². The number of fused-ring (bicyclic) bond motifs is 1. The van der Waals surface area contributed by atoms with Gasteiger partial charge in [-0.3, -0.25) is 9.59 Å². The van der Waals surface area contributed by atoms with E-state index in [9.17, 15) is 9.59 Å². The average Bonchev–Trinajstić information content (AvgIpc) is 2.64. The molecule has 0 aliphatic carbocycles. The van der Waals surface area contributed by atoms with E-state index >= 15 is 0 Å². The van der Waals surface area contributed by atoms with Crippen LogP contribution in [0.3, 0.4) is 0 Å². The lowest BCUT2D eigenvalue weighted by Crippen LogP contribution is -2.28. The van der Waals surface area contributed by atoms with Gasteiger partial charge in [-0.05, 0) is 30.7 Å². The number of halogens is 1. The second kappa shape index (κ2) is 7.40. The van der Waals surface area contributed by atoms with Gasteiger partial charge in [0.15, 0.2) is 5.69 Å². The smallest absolute Gasteiger partial charge is 0.267 e. The monoisotopic (exact) mass is 398 g/mol. The fraction of sp³-hybridized carbons (Fsp3) is 0.111. The molecular formula is C18H15BrN4O2. The van der Waals surface area contributed by atoms with Crippen LogP contribution in [0.1, 0.15) is 23.0 Å². The van der Waals surface area contributed by atoms with Crippen LogP contribution in [0.5, 0.6) is 0 Å². The van der Waals surface area contributed by atoms with Crippen molar-refractivity contribution in [3.05, 3.63) is 74.6 Å². The summed E-state index contributed by atoms with van der Waals surface area (Å²) in [5.74, 6) is -0.466. The number of carbonyl (C=O) groups excluding carboxylic acids is 1. The molecule has 0 saturated carbocycles. The maximum absolute atomic E-state index is 12.5. The summed E-state index contributed by atoms with van der Waals surface area (Å²) in [4.78, 5) is 24.8. The van der Waals surface area contributed by atoms with Crippen LogP contribution in [-0.2, 0) is 6.54 Å². The Morgan fingerprint density at radius 3 is 2.56 bits per heavy atom. The Hall–Kier alpha value is -2.80. The lowest BCUT2D eigenvalue weighted by molar-refractivity contribution is 0.0949. The SMILES string of the molecule is CCn1nc(C(=O)N/N=C/c2ccc(Br)cc2)c2ccccc2c1=O. The quantitative estimate of drug-likeness (QED) is 0.542. The molecule has 3 rings (SSSR count). The third kappa shape index (κ3) is 3.66. The first-order chi connectivity index (χ1) is 12.1. The molecule has 25 heavy (non-hydrogen) atoms. The number of aromatic nitrogens is 2. The van der Waals surface area contributed by atoms with Crippen molar-refractivity contribution in [2.24, 2.45) is 5.10 Å². The standard InChI is InChI=1S/C18H15BrN4O2/c1-2-23-18(25)15-6-4-3-5-14(15)16(22-23)17(24)21-20-11-12-7-9-13(19)10-8-12/h3-11H,2H2,1H3,(H,21,24)/b20-11+. The predicted octanol–water partition coefficient (Wildman–Crippen LogP) is 2.94. The molecule has 0 radical (unpaired) electrons. The molecule has 0 spiro atoms. The van der Waals surface area contributed by atoms with E-state index in [1.54, 1.807) is 37.4 Å². The molecule has 1 heterocycles. The number of rotatable bonds is 4. The van der Waals surface area contributed by atoms with Gasteiger partial charge in [-0.1, -0.05) is 46.3 Å². The number of hydrogen-bond acceptors (Lipinski definition) is 4. The Morgan fingerprint density at radius 2 is 1.88 bits per heavy atom. The summed E-state index contributed by atoms with van der Waals surface area (Å²) in [5.41, 5.74) is 3.27. The molecule has 1 N–H and O–H groups in total. The van der Waals surface area contributed by atoms with Gasteiger partial charge in [-0.2, -0.15) is 10.2 Å². The van der Waals surface area contributed by atoms with Crippen LogP contribution in [0, 0.1) is 0 Å². The molecule has 0 atom stereocenters. The number of hydrazone groups is 1. The van der Waals surface area contributed by atoms with Gasteiger partial charge in [0.05, 0.1) is 11.6 Å². The molecule has 2 aromatic carbocycles. The van der Waals surface area contributed by atoms with Crippen molar-refractivity contribution < 1.29 is 4.79 Å². The molecule has 6 nitrogen and oxygen atoms in total. The Morgan fingerprint density at radius 1 is 1.20 bits per heavy atom. The maximum atomic E-state index is 12.5. The van der Waals surface area contributed by atoms with E-state index in [4.69, 9.17) is 0 Å². The van der Waals surface area contributed by atoms with Gasteiger partial charge in [-0.15, -0.1) is 0 Å². The Bertz CT molecular complexity index is 1010. The second-order valence-electron chi connectivity index (χ2n) is 5.27. The third-order valence-electron chi connectivity index (χ3n) is 3.63. The van der Waals surface area contributed by atoms with Gasteiger partial charge in [0.25, 0.3) is 11.5 Å². The van der Waals surface area contributed by atoms with Crippen LogP contribution in [-0.4, -0.2) is 21.9 Å². The van der Waals surface area contributed by atoms with Crippen molar-refractivity contribution in [3.8, 4) is 0 Å². The van der Waals surface area contributed by atoms with Crippen molar-refractivity contribution in [1.82, 2.24) is 15.2 Å². The van der Waals surface area contributed by atoms with Crippen molar-refractivity contribution in [2.75, 3.05) is 0 Å². The van der Waals surface area contributed by atoms with Crippen LogP contribution < -0.4 is 11.0 Å². The topological polar surface area (TPSA) is 76.3 Å². The van der Waals surface area contributed by atoms with Crippen molar-refractivity contribution in [2.45, 2.75) is 13.5 Å². The number of carbonyl (C=O) groups is 1. The Balaban J connectivity index is 1.90. The molecule has 0 bridgehead atoms. The zero-order valence-corrected chi connectivity index (χ0v) is 15.0. The number of hydrogen-bond donors (Lipinski definition) is 1. The number of benzene rings is 2. The van der Waals surface area contributed by atoms with E-state index in [1.807, 2.05) is 24.3 Å². The fourth-order valence-electron chi connectivity index (χ4n) is 2.38. The molecule has 1 aromatic heterocycles. The molecular weight excluding hydrogens is 384 g/mol. The van der Waals surface area contributed by atoms with Crippen LogP contribution in [0.2, 0.25) is 0 Å². The van der Waals surface area contributed by atoms with Crippen molar-refractivity contribution >= 4 is 38.8 Å². The highest BCUT2D eigenvalue weighted by Crippen LogP contribution is 2.13. The third-order valence-corrected chi connectivity index (χ3v) is 4.16. The van der Waals surface area contributed by atoms with Gasteiger partial charge >= 0.3 is 0 Å². The highest BCUT2D eigenvalue weighted by Gasteiger charge is 2.15. The predicted molar refractivity (Wildman–Crippen MR) is 101 cm³/mol. The van der Waals surface area contributed by atoms with Crippen molar-refractivity contribution in [3.63, 3.8) is 0 Å². The first kappa shape index (κ1) is 17.0. The average molecular weight is 399 g/mol. The summed E-state index contributed by atoms with van der Waals surface area (Å²) >= 11 is 3.36. The van der Waals surface area contributed by atoms with Gasteiger partial charge < -0.3 is 0 Å². The molecule has 0 saturated heterocycles. The zero-order chi connectivity index (χ0) is 17.8. The normalized spacial score (nSPS) is 11.1. The Labute approximate surface area is 152 Å². The summed E-state index contributed by atoms with van der Waals surface area (Å²) in [6, 6.07) is 14.4. The van der Waals surface area contributed by atoms with E-state index in [0.717, 1.165) is 10.0 Å². The minimum absolute atomic E-state index is 0.171. The molecule has 7 heteroatoms. The van der Waals surface area contributed by atoms with Crippen LogP contribution in [0.15, 0.2) is 62.9 Å². The zero-order valence-electron chi connectivity index (χ0n) is 13.4. The number of nitrogens with one attached hydrogen (secondary N) is 1. The lowest BCUT2D eigenvalue weighted by atomic mass is 10.1. The fourth-order valence-corrected chi connectivity index (χ4v) is 2.65. The van der Waals surface area contributed by atoms with E-state index in [-0.39, 0.29) is 11.3 Å². The first-order valence-corrected chi connectivity index (χ1v) is 8.48. The molecule has 126 valence electrons. The molecule has 0 aliphatic rings. The minimum Gasteiger partial charge on any atom is -0.267 e. The second-order valence-corrected chi connectivity index (χ2v) is 6.18. The minimum atomic E-state index is -0.466. The van der Waals surface area contributed by atoms with Gasteiger partial charge in [-0.25, -0.2) is 10.1 Å². The van der Waals surface area contributed by atoms with E-state index < -0.39 is 5.91 Å². The largest absolute Gasteiger partial charge is 0.292 e. The number of nitrogens with zero attached hydrogens (tertiary/aromatic N) is 3. The summed E-state index contributed by atoms with van der Waals surface area (Å²) < 4.78 is 2.24. The molecule has 0 fully saturated rings. The summed E-state index contributed by atoms with van der Waals surface area (Å²) in [5, 5.41) is 9.10. The molecule has 3 aromatic rings. The summed E-state index contributed by atoms with van der Waals surface area (Å²) in [6.45, 7) is 2.18. The van der Waals surface area contributed by atoms with Crippen LogP contribution >= 0.6 is 15.9 Å². The highest BCUT2D eigenvalue weighted by atomic mass is 79.9. The molecule has 0 unspecified atom stereocenters. The molecule has 1 amide bonds. The van der Waals surface area contributed by atoms with E-state index in [1.165, 1.54) is 4.68 Å². The maximum Gasteiger partial charge on any atom is 0.292 e. The summed E-state index contributed by atoms with van der Waals surface area (Å²) in [6.07, 6.45) is 1.54. The first-order valence-electron chi connectivity index (χ1n) is 7.69. The Kier molecular flexibility index (Phi) is 5.04. The lowest BCUT2D eigenvalue weighted by Gasteiger charge is -2.08. The highest BCUT2D eigenvalue weighted by molar-refractivity contribution is 9.10. The van der Waals surface area contributed by atoms with Gasteiger partial charge in [0.1, 0.15) is 0 Å². The van der Waals surface area contributed by atoms with Crippen molar-refractivity contribution in [1.29, 1.82) is 0 Å². The van der Waals surface area contributed by atoms with Gasteiger partial charge in [0, 0.05) is 16.4 Å². The number of amides is 1. The van der Waals surface area contributed by atoms with Crippen LogP contribution in [0.4, 0.5) is 0 Å². The summed E-state index contributed by atoms with van der Waals surface area (Å²) in [7, 11) is 0. The molecule has 0 aliphatic heterocycles. The van der Waals surface area contributed by atoms with Gasteiger partial charge in [0.2, 0.25) is 0 Å². The van der Waals surface area contributed by atoms with E-state index in [0.29, 0.717) is 17.3 Å².